The van der Waals surface area contributed by atoms with Crippen LogP contribution in [-0.4, -0.2) is 21.0 Å². The summed E-state index contributed by atoms with van der Waals surface area (Å²) in [6.45, 7) is 2.82. The molecule has 1 aromatic heterocycles. The van der Waals surface area contributed by atoms with Gasteiger partial charge in [0.15, 0.2) is 11.9 Å². The first-order valence-electron chi connectivity index (χ1n) is 4.72. The number of nitrogens with zero attached hydrogens (tertiary/aromatic N) is 1. The first-order chi connectivity index (χ1) is 7.59. The van der Waals surface area contributed by atoms with E-state index in [1.165, 1.54) is 20.9 Å². The minimum atomic E-state index is -4.94. The van der Waals surface area contributed by atoms with Crippen molar-refractivity contribution in [2.24, 2.45) is 7.05 Å². The van der Waals surface area contributed by atoms with Crippen LogP contribution in [0.3, 0.4) is 0 Å². The molecule has 17 heavy (non-hydrogen) atoms. The van der Waals surface area contributed by atoms with Gasteiger partial charge in [0, 0.05) is 18.3 Å². The van der Waals surface area contributed by atoms with E-state index in [1.807, 2.05) is 0 Å². The number of aliphatic hydroxyl groups is 1. The van der Waals surface area contributed by atoms with Crippen molar-refractivity contribution >= 4 is 0 Å². The van der Waals surface area contributed by atoms with Crippen LogP contribution in [0.2, 0.25) is 0 Å². The highest BCUT2D eigenvalue weighted by molar-refractivity contribution is 5.36. The molecule has 0 aliphatic carbocycles. The van der Waals surface area contributed by atoms with E-state index in [4.69, 9.17) is 5.11 Å². The van der Waals surface area contributed by atoms with Gasteiger partial charge in [0.05, 0.1) is 0 Å². The van der Waals surface area contributed by atoms with Crippen LogP contribution in [0, 0.1) is 13.8 Å². The highest BCUT2D eigenvalue weighted by Gasteiger charge is 2.43. The van der Waals surface area contributed by atoms with Crippen molar-refractivity contribution in [3.05, 3.63) is 27.2 Å². The van der Waals surface area contributed by atoms with E-state index in [-0.39, 0.29) is 11.3 Å². The van der Waals surface area contributed by atoms with Crippen LogP contribution in [0.15, 0.2) is 4.79 Å². The average molecular weight is 251 g/mol. The molecule has 1 rings (SSSR count). The lowest BCUT2D eigenvalue weighted by Crippen LogP contribution is -2.27. The zero-order valence-electron chi connectivity index (χ0n) is 9.46. The number of rotatable bonds is 1. The van der Waals surface area contributed by atoms with E-state index in [2.05, 4.69) is 0 Å². The smallest absolute Gasteiger partial charge is 0.420 e. The molecule has 0 aromatic carbocycles. The van der Waals surface area contributed by atoms with E-state index >= 15 is 0 Å². The van der Waals surface area contributed by atoms with Gasteiger partial charge >= 0.3 is 6.18 Å². The Bertz CT molecular complexity index is 505. The standard InChI is InChI=1S/C10H12F3NO3/c1-4-5(2)14(3)6(8(16)7(4)15)9(17)10(11,12)13/h9,16-17H,1-3H3. The molecule has 0 bridgehead atoms. The second kappa shape index (κ2) is 4.06. The largest absolute Gasteiger partial charge is 0.503 e. The molecule has 7 heteroatoms. The van der Waals surface area contributed by atoms with Crippen LogP contribution >= 0.6 is 0 Å². The Hall–Kier alpha value is -1.50. The van der Waals surface area contributed by atoms with Crippen molar-refractivity contribution in [2.45, 2.75) is 26.1 Å². The number of pyridine rings is 1. The third kappa shape index (κ3) is 2.14. The van der Waals surface area contributed by atoms with Gasteiger partial charge in [0.25, 0.3) is 0 Å². The molecule has 0 aliphatic rings. The van der Waals surface area contributed by atoms with E-state index < -0.39 is 29.2 Å². The Kier molecular flexibility index (Phi) is 3.24. The average Bonchev–Trinajstić information content (AvgIpc) is 2.22. The summed E-state index contributed by atoms with van der Waals surface area (Å²) in [7, 11) is 1.24. The molecule has 4 nitrogen and oxygen atoms in total. The summed E-state index contributed by atoms with van der Waals surface area (Å²) >= 11 is 0. The Morgan fingerprint density at radius 3 is 2.18 bits per heavy atom. The van der Waals surface area contributed by atoms with Crippen molar-refractivity contribution in [1.82, 2.24) is 4.57 Å². The predicted molar refractivity (Wildman–Crippen MR) is 53.8 cm³/mol. The number of aliphatic hydroxyl groups excluding tert-OH is 1. The van der Waals surface area contributed by atoms with Crippen LogP contribution < -0.4 is 5.43 Å². The zero-order chi connectivity index (χ0) is 13.5. The van der Waals surface area contributed by atoms with E-state index in [0.717, 1.165) is 4.57 Å². The third-order valence-electron chi connectivity index (χ3n) is 2.77. The lowest BCUT2D eigenvalue weighted by molar-refractivity contribution is -0.209. The Morgan fingerprint density at radius 1 is 1.29 bits per heavy atom. The molecule has 2 N–H and O–H groups in total. The number of aromatic nitrogens is 1. The molecule has 1 unspecified atom stereocenters. The molecule has 0 radical (unpaired) electrons. The highest BCUT2D eigenvalue weighted by atomic mass is 19.4. The van der Waals surface area contributed by atoms with Gasteiger partial charge in [-0.25, -0.2) is 0 Å². The van der Waals surface area contributed by atoms with E-state index in [9.17, 15) is 23.1 Å². The minimum Gasteiger partial charge on any atom is -0.503 e. The second-order valence-corrected chi connectivity index (χ2v) is 3.78. The molecule has 0 aliphatic heterocycles. The summed E-state index contributed by atoms with van der Waals surface area (Å²) in [6.07, 6.45) is -7.83. The van der Waals surface area contributed by atoms with Gasteiger partial charge < -0.3 is 14.8 Å². The van der Waals surface area contributed by atoms with Crippen molar-refractivity contribution in [2.75, 3.05) is 0 Å². The molecular formula is C10H12F3NO3. The van der Waals surface area contributed by atoms with Crippen LogP contribution in [0.1, 0.15) is 23.1 Å². The number of aromatic hydroxyl groups is 1. The fourth-order valence-electron chi connectivity index (χ4n) is 1.52. The first-order valence-corrected chi connectivity index (χ1v) is 4.72. The summed E-state index contributed by atoms with van der Waals surface area (Å²) in [5, 5.41) is 18.5. The Labute approximate surface area is 94.9 Å². The quantitative estimate of drug-likeness (QED) is 0.790. The Morgan fingerprint density at radius 2 is 1.76 bits per heavy atom. The van der Waals surface area contributed by atoms with Gasteiger partial charge in [0.2, 0.25) is 5.43 Å². The molecule has 96 valence electrons. The topological polar surface area (TPSA) is 62.5 Å². The highest BCUT2D eigenvalue weighted by Crippen LogP contribution is 2.35. The first kappa shape index (κ1) is 13.6. The van der Waals surface area contributed by atoms with Crippen molar-refractivity contribution in [1.29, 1.82) is 0 Å². The lowest BCUT2D eigenvalue weighted by Gasteiger charge is -2.21. The lowest BCUT2D eigenvalue weighted by atomic mass is 10.1. The maximum atomic E-state index is 12.4. The maximum Gasteiger partial charge on any atom is 0.420 e. The summed E-state index contributed by atoms with van der Waals surface area (Å²) in [5.41, 5.74) is -1.35. The predicted octanol–water partition coefficient (Wildman–Crippen LogP) is 1.30. The molecule has 1 atom stereocenters. The summed E-state index contributed by atoms with van der Waals surface area (Å²) in [6, 6.07) is 0. The fraction of sp³-hybridized carbons (Fsp3) is 0.500. The van der Waals surface area contributed by atoms with Crippen molar-refractivity contribution in [3.63, 3.8) is 0 Å². The van der Waals surface area contributed by atoms with Crippen molar-refractivity contribution < 1.29 is 23.4 Å². The molecule has 0 saturated heterocycles. The summed E-state index contributed by atoms with van der Waals surface area (Å²) in [5.74, 6) is -1.07. The molecule has 0 fully saturated rings. The SMILES string of the molecule is Cc1c(C)n(C)c(C(O)C(F)(F)F)c(O)c1=O. The molecule has 1 aromatic rings. The fourth-order valence-corrected chi connectivity index (χ4v) is 1.52. The van der Waals surface area contributed by atoms with Crippen LogP contribution in [-0.2, 0) is 7.05 Å². The molecule has 0 amide bonds. The molecule has 0 saturated carbocycles. The monoisotopic (exact) mass is 251 g/mol. The summed E-state index contributed by atoms with van der Waals surface area (Å²) < 4.78 is 38.1. The number of hydrogen-bond donors (Lipinski definition) is 2. The zero-order valence-corrected chi connectivity index (χ0v) is 9.46. The van der Waals surface area contributed by atoms with Gasteiger partial charge in [-0.05, 0) is 13.8 Å². The van der Waals surface area contributed by atoms with Gasteiger partial charge in [-0.2, -0.15) is 13.2 Å². The van der Waals surface area contributed by atoms with E-state index in [1.54, 1.807) is 0 Å². The van der Waals surface area contributed by atoms with Gasteiger partial charge in [-0.3, -0.25) is 4.79 Å². The van der Waals surface area contributed by atoms with Crippen LogP contribution in [0.25, 0.3) is 0 Å². The molecule has 1 heterocycles. The Balaban J connectivity index is 3.61. The van der Waals surface area contributed by atoms with Crippen LogP contribution in [0.4, 0.5) is 13.2 Å². The number of alkyl halides is 3. The third-order valence-corrected chi connectivity index (χ3v) is 2.77. The van der Waals surface area contributed by atoms with Crippen molar-refractivity contribution in [3.8, 4) is 5.75 Å². The second-order valence-electron chi connectivity index (χ2n) is 3.78. The minimum absolute atomic E-state index is 0.142. The van der Waals surface area contributed by atoms with Gasteiger partial charge in [-0.15, -0.1) is 0 Å². The van der Waals surface area contributed by atoms with Gasteiger partial charge in [-0.1, -0.05) is 0 Å². The maximum absolute atomic E-state index is 12.4. The number of hydrogen-bond acceptors (Lipinski definition) is 3. The molecule has 0 spiro atoms. The summed E-state index contributed by atoms with van der Waals surface area (Å²) in [4.78, 5) is 11.5. The van der Waals surface area contributed by atoms with E-state index in [0.29, 0.717) is 0 Å². The normalized spacial score (nSPS) is 13.8. The van der Waals surface area contributed by atoms with Crippen LogP contribution in [0.5, 0.6) is 5.75 Å². The molecular weight excluding hydrogens is 239 g/mol. The number of halogens is 3. The van der Waals surface area contributed by atoms with Gasteiger partial charge in [0.1, 0.15) is 5.69 Å².